The zero-order valence-electron chi connectivity index (χ0n) is 10.6. The fraction of sp³-hybridized carbons (Fsp3) is 0.267. The van der Waals surface area contributed by atoms with Crippen molar-refractivity contribution in [2.24, 2.45) is 0 Å². The normalized spacial score (nSPS) is 14.3. The number of hydrogen-bond acceptors (Lipinski definition) is 3. The molecule has 0 atom stereocenters. The highest BCUT2D eigenvalue weighted by Gasteiger charge is 2.28. The summed E-state index contributed by atoms with van der Waals surface area (Å²) in [5.41, 5.74) is 7.90. The summed E-state index contributed by atoms with van der Waals surface area (Å²) < 4.78 is 7.26. The van der Waals surface area contributed by atoms with Crippen molar-refractivity contribution in [3.05, 3.63) is 53.9 Å². The molecule has 0 aliphatic heterocycles. The third kappa shape index (κ3) is 2.62. The van der Waals surface area contributed by atoms with Gasteiger partial charge in [0, 0.05) is 12.2 Å². The molecule has 0 spiro atoms. The fourth-order valence-corrected chi connectivity index (χ4v) is 2.12. The topological polar surface area (TPSA) is 57.3 Å². The number of nitrogen functional groups attached to an aromatic ring is 1. The lowest BCUT2D eigenvalue weighted by Crippen LogP contribution is -2.11. The van der Waals surface area contributed by atoms with Crippen molar-refractivity contribution in [2.45, 2.75) is 25.5 Å². The first kappa shape index (κ1) is 11.8. The number of hydrogen-bond donors (Lipinski definition) is 1. The smallest absolute Gasteiger partial charge is 0.355 e. The third-order valence-corrected chi connectivity index (χ3v) is 3.23. The Morgan fingerprint density at radius 3 is 2.74 bits per heavy atom. The van der Waals surface area contributed by atoms with Crippen LogP contribution in [0.4, 0.5) is 5.69 Å². The molecule has 4 heteroatoms. The monoisotopic (exact) mass is 256 g/mol. The summed E-state index contributed by atoms with van der Waals surface area (Å²) in [5, 5.41) is 0. The molecule has 0 bridgehead atoms. The van der Waals surface area contributed by atoms with Crippen molar-refractivity contribution in [3.63, 3.8) is 0 Å². The van der Waals surface area contributed by atoms with E-state index < -0.39 is 0 Å². The van der Waals surface area contributed by atoms with Crippen LogP contribution >= 0.6 is 0 Å². The van der Waals surface area contributed by atoms with Gasteiger partial charge in [-0.3, -0.25) is 0 Å². The molecule has 0 radical (unpaired) electrons. The van der Waals surface area contributed by atoms with Crippen LogP contribution in [-0.2, 0) is 11.3 Å². The van der Waals surface area contributed by atoms with Gasteiger partial charge >= 0.3 is 5.97 Å². The SMILES string of the molecule is Nc1cc(C(=O)OCc2ccccc2)n(C2CC2)c1. The van der Waals surface area contributed by atoms with E-state index >= 15 is 0 Å². The molecule has 2 N–H and O–H groups in total. The lowest BCUT2D eigenvalue weighted by molar-refractivity contribution is 0.0460. The van der Waals surface area contributed by atoms with E-state index in [1.54, 1.807) is 6.07 Å². The van der Waals surface area contributed by atoms with Gasteiger partial charge in [-0.25, -0.2) is 4.79 Å². The molecule has 0 saturated heterocycles. The predicted octanol–water partition coefficient (Wildman–Crippen LogP) is 2.76. The maximum Gasteiger partial charge on any atom is 0.355 e. The fourth-order valence-electron chi connectivity index (χ4n) is 2.12. The summed E-state index contributed by atoms with van der Waals surface area (Å²) in [6.45, 7) is 0.287. The quantitative estimate of drug-likeness (QED) is 0.856. The van der Waals surface area contributed by atoms with E-state index in [1.165, 1.54) is 0 Å². The average molecular weight is 256 g/mol. The van der Waals surface area contributed by atoms with Gasteiger partial charge < -0.3 is 15.0 Å². The van der Waals surface area contributed by atoms with Crippen LogP contribution in [0.15, 0.2) is 42.6 Å². The van der Waals surface area contributed by atoms with Gasteiger partial charge in [-0.05, 0) is 24.5 Å². The average Bonchev–Trinajstić information content (AvgIpc) is 3.20. The van der Waals surface area contributed by atoms with Gasteiger partial charge in [-0.15, -0.1) is 0 Å². The van der Waals surface area contributed by atoms with E-state index in [4.69, 9.17) is 10.5 Å². The third-order valence-electron chi connectivity index (χ3n) is 3.23. The molecule has 4 nitrogen and oxygen atoms in total. The summed E-state index contributed by atoms with van der Waals surface area (Å²) in [6.07, 6.45) is 4.02. The van der Waals surface area contributed by atoms with Crippen LogP contribution in [0.1, 0.15) is 34.9 Å². The van der Waals surface area contributed by atoms with Crippen LogP contribution in [0.5, 0.6) is 0 Å². The Balaban J connectivity index is 1.70. The highest BCUT2D eigenvalue weighted by atomic mass is 16.5. The van der Waals surface area contributed by atoms with E-state index in [0.29, 0.717) is 17.4 Å². The van der Waals surface area contributed by atoms with Crippen molar-refractivity contribution in [3.8, 4) is 0 Å². The van der Waals surface area contributed by atoms with E-state index in [2.05, 4.69) is 0 Å². The van der Waals surface area contributed by atoms with Gasteiger partial charge in [-0.1, -0.05) is 30.3 Å². The standard InChI is InChI=1S/C15H16N2O2/c16-12-8-14(17(9-12)13-6-7-13)15(18)19-10-11-4-2-1-3-5-11/h1-5,8-9,13H,6-7,10,16H2. The summed E-state index contributed by atoms with van der Waals surface area (Å²) in [7, 11) is 0. The first-order valence-electron chi connectivity index (χ1n) is 6.42. The summed E-state index contributed by atoms with van der Waals surface area (Å²) >= 11 is 0. The zero-order valence-corrected chi connectivity index (χ0v) is 10.6. The Morgan fingerprint density at radius 2 is 2.05 bits per heavy atom. The molecule has 0 unspecified atom stereocenters. The molecule has 1 aromatic carbocycles. The molecule has 1 aliphatic rings. The van der Waals surface area contributed by atoms with Crippen molar-refractivity contribution in [1.29, 1.82) is 0 Å². The van der Waals surface area contributed by atoms with Crippen molar-refractivity contribution in [2.75, 3.05) is 5.73 Å². The van der Waals surface area contributed by atoms with Crippen molar-refractivity contribution >= 4 is 11.7 Å². The molecule has 1 aliphatic carbocycles. The number of aromatic nitrogens is 1. The molecular weight excluding hydrogens is 240 g/mol. The molecule has 98 valence electrons. The van der Waals surface area contributed by atoms with Crippen LogP contribution in [0, 0.1) is 0 Å². The largest absolute Gasteiger partial charge is 0.456 e. The first-order valence-corrected chi connectivity index (χ1v) is 6.42. The van der Waals surface area contributed by atoms with Crippen molar-refractivity contribution in [1.82, 2.24) is 4.57 Å². The number of rotatable bonds is 4. The summed E-state index contributed by atoms with van der Waals surface area (Å²) in [4.78, 5) is 12.1. The number of carbonyl (C=O) groups is 1. The molecule has 0 amide bonds. The molecule has 1 fully saturated rings. The van der Waals surface area contributed by atoms with E-state index in [0.717, 1.165) is 18.4 Å². The number of ether oxygens (including phenoxy) is 1. The van der Waals surface area contributed by atoms with E-state index in [1.807, 2.05) is 41.1 Å². The van der Waals surface area contributed by atoms with Gasteiger partial charge in [0.2, 0.25) is 0 Å². The summed E-state index contributed by atoms with van der Waals surface area (Å²) in [6, 6.07) is 11.7. The number of nitrogens with two attached hydrogens (primary N) is 1. The first-order chi connectivity index (χ1) is 9.24. The molecule has 3 rings (SSSR count). The molecule has 1 aromatic heterocycles. The number of benzene rings is 1. The Hall–Kier alpha value is -2.23. The van der Waals surface area contributed by atoms with Crippen LogP contribution in [0.3, 0.4) is 0 Å². The van der Waals surface area contributed by atoms with Crippen LogP contribution in [-0.4, -0.2) is 10.5 Å². The summed E-state index contributed by atoms with van der Waals surface area (Å²) in [5.74, 6) is -0.313. The minimum absolute atomic E-state index is 0.287. The van der Waals surface area contributed by atoms with Crippen LogP contribution in [0.2, 0.25) is 0 Å². The van der Waals surface area contributed by atoms with Gasteiger partial charge in [0.25, 0.3) is 0 Å². The zero-order chi connectivity index (χ0) is 13.2. The van der Waals surface area contributed by atoms with Crippen LogP contribution < -0.4 is 5.73 Å². The maximum atomic E-state index is 12.1. The van der Waals surface area contributed by atoms with Crippen molar-refractivity contribution < 1.29 is 9.53 Å². The van der Waals surface area contributed by atoms with Gasteiger partial charge in [0.1, 0.15) is 12.3 Å². The number of esters is 1. The Labute approximate surface area is 111 Å². The minimum atomic E-state index is -0.313. The lowest BCUT2D eigenvalue weighted by Gasteiger charge is -2.08. The lowest BCUT2D eigenvalue weighted by atomic mass is 10.2. The number of anilines is 1. The van der Waals surface area contributed by atoms with Gasteiger partial charge in [-0.2, -0.15) is 0 Å². The predicted molar refractivity (Wildman–Crippen MR) is 72.7 cm³/mol. The molecule has 1 saturated carbocycles. The second-order valence-corrected chi connectivity index (χ2v) is 4.86. The van der Waals surface area contributed by atoms with Gasteiger partial charge in [0.05, 0.1) is 5.69 Å². The highest BCUT2D eigenvalue weighted by molar-refractivity contribution is 5.89. The number of nitrogens with zero attached hydrogens (tertiary/aromatic N) is 1. The minimum Gasteiger partial charge on any atom is -0.456 e. The Morgan fingerprint density at radius 1 is 1.32 bits per heavy atom. The second-order valence-electron chi connectivity index (χ2n) is 4.86. The van der Waals surface area contributed by atoms with E-state index in [-0.39, 0.29) is 12.6 Å². The second kappa shape index (κ2) is 4.80. The van der Waals surface area contributed by atoms with Crippen LogP contribution in [0.25, 0.3) is 0 Å². The van der Waals surface area contributed by atoms with Gasteiger partial charge in [0.15, 0.2) is 0 Å². The Bertz CT molecular complexity index is 585. The maximum absolute atomic E-state index is 12.1. The Kier molecular flexibility index (Phi) is 2.99. The highest BCUT2D eigenvalue weighted by Crippen LogP contribution is 2.37. The molecular formula is C15H16N2O2. The number of carbonyl (C=O) groups excluding carboxylic acids is 1. The molecule has 19 heavy (non-hydrogen) atoms. The van der Waals surface area contributed by atoms with E-state index in [9.17, 15) is 4.79 Å². The molecule has 2 aromatic rings. The molecule has 1 heterocycles.